The highest BCUT2D eigenvalue weighted by Gasteiger charge is 2.45. The number of nitrogens with zero attached hydrogens (tertiary/aromatic N) is 2. The molecule has 1 saturated carbocycles. The predicted octanol–water partition coefficient (Wildman–Crippen LogP) is -0.684. The number of carbonyl (C=O) groups excluding carboxylic acids is 6. The summed E-state index contributed by atoms with van der Waals surface area (Å²) in [5, 5.41) is 24.1. The Morgan fingerprint density at radius 2 is 1.75 bits per heavy atom. The molecule has 5 rings (SSSR count). The molecule has 2 aliphatic heterocycles. The molecule has 0 radical (unpaired) electrons. The Labute approximate surface area is 276 Å². The molecule has 1 aliphatic carbocycles. The van der Waals surface area contributed by atoms with Gasteiger partial charge in [0, 0.05) is 31.2 Å². The van der Waals surface area contributed by atoms with Crippen LogP contribution in [-0.2, 0) is 30.4 Å². The first kappa shape index (κ1) is 34.4. The zero-order valence-corrected chi connectivity index (χ0v) is 26.6. The van der Waals surface area contributed by atoms with E-state index in [9.17, 15) is 38.3 Å². The normalized spacial score (nSPS) is 29.1. The van der Waals surface area contributed by atoms with Gasteiger partial charge in [-0.05, 0) is 44.7 Å². The van der Waals surface area contributed by atoms with Crippen LogP contribution < -0.4 is 26.6 Å². The molecule has 1 aromatic heterocycles. The average molecular weight is 666 g/mol. The van der Waals surface area contributed by atoms with Crippen molar-refractivity contribution in [1.29, 1.82) is 0 Å². The molecule has 256 valence electrons. The standard InChI is InChI=1S/C33H40FN7O7/c1-17-28(43)38-24-10-6-9-23(24)30(45)40-27(18(2)42)32(47)39-25(11-19-7-4-3-5-8-19)33(48)41-16-22(13-26(41)31(46)36-17)37-29(44)20-12-21(34)15-35-14-20/h3-5,7-8,12,14-15,17-18,22-27,42H,6,9-11,13,16H2,1-2H3,(H,36,46)(H,37,44)(H,38,43)(H,39,47)(H,40,45)/t17-,18+,22+,23+,24+,25-,26-,27-/m0/s1. The third-order valence-electron chi connectivity index (χ3n) is 9.08. The number of pyridine rings is 1. The summed E-state index contributed by atoms with van der Waals surface area (Å²) in [6.45, 7) is 2.68. The first-order valence-corrected chi connectivity index (χ1v) is 16.1. The van der Waals surface area contributed by atoms with Gasteiger partial charge >= 0.3 is 0 Å². The molecule has 0 bridgehead atoms. The molecule has 2 aromatic rings. The molecule has 2 saturated heterocycles. The Morgan fingerprint density at radius 1 is 1.00 bits per heavy atom. The van der Waals surface area contributed by atoms with E-state index in [0.29, 0.717) is 24.8 Å². The lowest BCUT2D eigenvalue weighted by molar-refractivity contribution is -0.143. The van der Waals surface area contributed by atoms with Crippen molar-refractivity contribution in [3.8, 4) is 0 Å². The lowest BCUT2D eigenvalue weighted by atomic mass is 10.00. The monoisotopic (exact) mass is 665 g/mol. The fraction of sp³-hybridized carbons (Fsp3) is 0.485. The maximum Gasteiger partial charge on any atom is 0.253 e. The Morgan fingerprint density at radius 3 is 2.46 bits per heavy atom. The summed E-state index contributed by atoms with van der Waals surface area (Å²) in [6.07, 6.45) is 2.35. The molecule has 1 aromatic carbocycles. The highest BCUT2D eigenvalue weighted by molar-refractivity contribution is 5.98. The van der Waals surface area contributed by atoms with Gasteiger partial charge in [-0.3, -0.25) is 33.8 Å². The largest absolute Gasteiger partial charge is 0.391 e. The summed E-state index contributed by atoms with van der Waals surface area (Å²) in [6, 6.07) is 3.67. The highest BCUT2D eigenvalue weighted by Crippen LogP contribution is 2.27. The maximum absolute atomic E-state index is 14.3. The Hall–Kier alpha value is -4.92. The molecular formula is C33H40FN7O7. The van der Waals surface area contributed by atoms with Gasteiger partial charge in [-0.1, -0.05) is 36.8 Å². The van der Waals surface area contributed by atoms with Crippen LogP contribution in [0.5, 0.6) is 0 Å². The van der Waals surface area contributed by atoms with Gasteiger partial charge < -0.3 is 36.6 Å². The number of nitrogens with one attached hydrogen (secondary N) is 5. The zero-order chi connectivity index (χ0) is 34.5. The van der Waals surface area contributed by atoms with Crippen LogP contribution in [0.1, 0.15) is 55.5 Å². The molecule has 15 heteroatoms. The molecule has 3 heterocycles. The van der Waals surface area contributed by atoms with E-state index in [1.165, 1.54) is 24.9 Å². The van der Waals surface area contributed by atoms with Crippen molar-refractivity contribution in [2.45, 2.75) is 88.3 Å². The predicted molar refractivity (Wildman–Crippen MR) is 168 cm³/mol. The van der Waals surface area contributed by atoms with Crippen molar-refractivity contribution < 1.29 is 38.3 Å². The van der Waals surface area contributed by atoms with Gasteiger partial charge in [0.15, 0.2) is 0 Å². The molecule has 6 amide bonds. The molecule has 6 N–H and O–H groups in total. The van der Waals surface area contributed by atoms with Gasteiger partial charge in [-0.15, -0.1) is 0 Å². The molecule has 48 heavy (non-hydrogen) atoms. The van der Waals surface area contributed by atoms with Gasteiger partial charge in [-0.2, -0.15) is 0 Å². The number of amides is 6. The number of aliphatic hydroxyl groups excluding tert-OH is 1. The Balaban J connectivity index is 1.48. The van der Waals surface area contributed by atoms with Crippen molar-refractivity contribution in [2.75, 3.05) is 6.54 Å². The van der Waals surface area contributed by atoms with Crippen LogP contribution in [0, 0.1) is 11.7 Å². The third kappa shape index (κ3) is 7.95. The minimum atomic E-state index is -1.42. The van der Waals surface area contributed by atoms with Crippen LogP contribution in [-0.4, -0.2) is 99.3 Å². The minimum Gasteiger partial charge on any atom is -0.391 e. The van der Waals surface area contributed by atoms with E-state index in [1.54, 1.807) is 30.3 Å². The van der Waals surface area contributed by atoms with Gasteiger partial charge in [0.05, 0.1) is 23.8 Å². The van der Waals surface area contributed by atoms with E-state index in [4.69, 9.17) is 0 Å². The second-order valence-electron chi connectivity index (χ2n) is 12.7. The molecule has 0 unspecified atom stereocenters. The van der Waals surface area contributed by atoms with Crippen LogP contribution >= 0.6 is 0 Å². The minimum absolute atomic E-state index is 0.00617. The number of aliphatic hydroxyl groups is 1. The second-order valence-corrected chi connectivity index (χ2v) is 12.7. The third-order valence-corrected chi connectivity index (χ3v) is 9.08. The number of halogens is 1. The quantitative estimate of drug-likeness (QED) is 0.241. The van der Waals surface area contributed by atoms with Gasteiger partial charge in [0.1, 0.15) is 30.0 Å². The van der Waals surface area contributed by atoms with Gasteiger partial charge in [0.2, 0.25) is 29.5 Å². The van der Waals surface area contributed by atoms with Crippen LogP contribution in [0.4, 0.5) is 4.39 Å². The zero-order valence-electron chi connectivity index (χ0n) is 26.6. The van der Waals surface area contributed by atoms with Crippen molar-refractivity contribution >= 4 is 35.4 Å². The molecular weight excluding hydrogens is 625 g/mol. The number of hydrogen-bond donors (Lipinski definition) is 6. The SMILES string of the molecule is C[C@@H]1NC(=O)[C@@H]2C[C@@H](NC(=O)c3cncc(F)c3)CN2C(=O)[C@H](Cc2ccccc2)NC(=O)[C@H]([C@@H](C)O)NC(=O)[C@@H]2CCC[C@H]2NC1=O. The molecule has 14 nitrogen and oxygen atoms in total. The molecule has 8 atom stereocenters. The topological polar surface area (TPSA) is 199 Å². The lowest BCUT2D eigenvalue weighted by Gasteiger charge is -2.32. The average Bonchev–Trinajstić information content (AvgIpc) is 3.70. The van der Waals surface area contributed by atoms with E-state index in [2.05, 4.69) is 31.6 Å². The first-order valence-electron chi connectivity index (χ1n) is 16.1. The number of aromatic nitrogens is 1. The van der Waals surface area contributed by atoms with Crippen LogP contribution in [0.15, 0.2) is 48.8 Å². The summed E-state index contributed by atoms with van der Waals surface area (Å²) in [4.78, 5) is 86.2. The van der Waals surface area contributed by atoms with Gasteiger partial charge in [0.25, 0.3) is 5.91 Å². The fourth-order valence-electron chi connectivity index (χ4n) is 6.54. The maximum atomic E-state index is 14.3. The Bertz CT molecular complexity index is 1560. The summed E-state index contributed by atoms with van der Waals surface area (Å²) in [5.74, 6) is -5.25. The smallest absolute Gasteiger partial charge is 0.253 e. The number of rotatable bonds is 5. The van der Waals surface area contributed by atoms with Gasteiger partial charge in [-0.25, -0.2) is 4.39 Å². The van der Waals surface area contributed by atoms with Crippen molar-refractivity contribution in [2.24, 2.45) is 5.92 Å². The summed E-state index contributed by atoms with van der Waals surface area (Å²) in [7, 11) is 0. The Kier molecular flexibility index (Phi) is 10.7. The van der Waals surface area contributed by atoms with Crippen LogP contribution in [0.3, 0.4) is 0 Å². The lowest BCUT2D eigenvalue weighted by Crippen LogP contribution is -2.61. The summed E-state index contributed by atoms with van der Waals surface area (Å²) in [5.41, 5.74) is 0.633. The number of fused-ring (bicyclic) bond motifs is 2. The van der Waals surface area contributed by atoms with E-state index < -0.39 is 89.5 Å². The summed E-state index contributed by atoms with van der Waals surface area (Å²) >= 11 is 0. The van der Waals surface area contributed by atoms with E-state index in [-0.39, 0.29) is 24.9 Å². The number of carbonyl (C=O) groups is 6. The second kappa shape index (κ2) is 14.9. The summed E-state index contributed by atoms with van der Waals surface area (Å²) < 4.78 is 13.8. The highest BCUT2D eigenvalue weighted by atomic mass is 19.1. The van der Waals surface area contributed by atoms with Crippen molar-refractivity contribution in [3.05, 3.63) is 65.7 Å². The van der Waals surface area contributed by atoms with Crippen molar-refractivity contribution in [3.63, 3.8) is 0 Å². The van der Waals surface area contributed by atoms with Crippen LogP contribution in [0.2, 0.25) is 0 Å². The molecule has 3 fully saturated rings. The fourth-order valence-corrected chi connectivity index (χ4v) is 6.54. The molecule has 0 spiro atoms. The number of benzene rings is 1. The first-order chi connectivity index (χ1) is 22.9. The molecule has 3 aliphatic rings. The van der Waals surface area contributed by atoms with E-state index in [1.807, 2.05) is 0 Å². The van der Waals surface area contributed by atoms with E-state index in [0.717, 1.165) is 12.3 Å². The van der Waals surface area contributed by atoms with Crippen molar-refractivity contribution in [1.82, 2.24) is 36.5 Å². The van der Waals surface area contributed by atoms with Crippen LogP contribution in [0.25, 0.3) is 0 Å². The number of hydrogen-bond acceptors (Lipinski definition) is 8. The van der Waals surface area contributed by atoms with E-state index >= 15 is 0 Å².